The van der Waals surface area contributed by atoms with E-state index in [1.807, 2.05) is 68.4 Å². The Kier molecular flexibility index (Phi) is 14.1. The third-order valence-corrected chi connectivity index (χ3v) is 9.12. The highest BCUT2D eigenvalue weighted by Gasteiger charge is 2.44. The van der Waals surface area contributed by atoms with E-state index in [4.69, 9.17) is 4.74 Å². The first kappa shape index (κ1) is 39.8. The minimum atomic E-state index is -2.92. The number of benzene rings is 2. The van der Waals surface area contributed by atoms with Crippen molar-refractivity contribution in [1.29, 1.82) is 0 Å². The third-order valence-electron chi connectivity index (χ3n) is 9.12. The lowest BCUT2D eigenvalue weighted by Gasteiger charge is -2.31. The molecule has 2 aromatic carbocycles. The fourth-order valence-electron chi connectivity index (χ4n) is 6.50. The average molecular weight is 726 g/mol. The number of H-pyrrole nitrogens is 1. The van der Waals surface area contributed by atoms with Gasteiger partial charge in [-0.25, -0.2) is 13.6 Å². The van der Waals surface area contributed by atoms with Crippen LogP contribution >= 0.6 is 0 Å². The summed E-state index contributed by atoms with van der Waals surface area (Å²) in [5, 5.41) is 17.9. The Morgan fingerprint density at radius 2 is 1.65 bits per heavy atom. The van der Waals surface area contributed by atoms with Crippen molar-refractivity contribution in [3.63, 3.8) is 0 Å². The van der Waals surface area contributed by atoms with Crippen molar-refractivity contribution >= 4 is 40.7 Å². The second-order valence-corrected chi connectivity index (χ2v) is 14.0. The topological polar surface area (TPSA) is 170 Å². The van der Waals surface area contributed by atoms with Gasteiger partial charge in [0.2, 0.25) is 24.1 Å². The monoisotopic (exact) mass is 725 g/mol. The largest absolute Gasteiger partial charge is 0.481 e. The lowest BCUT2D eigenvalue weighted by Crippen LogP contribution is -2.57. The first-order valence-corrected chi connectivity index (χ1v) is 17.7. The number of aliphatic carboxylic acids is 1. The Bertz CT molecular complexity index is 1700. The smallest absolute Gasteiger partial charge is 0.407 e. The number of carbonyl (C=O) groups excluding carboxylic acids is 4. The number of likely N-dealkylation sites (tertiary alicyclic amines) is 1. The van der Waals surface area contributed by atoms with E-state index in [9.17, 15) is 37.9 Å². The van der Waals surface area contributed by atoms with E-state index in [1.54, 1.807) is 13.8 Å². The molecule has 0 aliphatic carbocycles. The van der Waals surface area contributed by atoms with Crippen molar-refractivity contribution in [3.8, 4) is 0 Å². The number of carboxylic acids is 1. The van der Waals surface area contributed by atoms with E-state index in [0.717, 1.165) is 22.0 Å². The molecule has 0 unspecified atom stereocenters. The van der Waals surface area contributed by atoms with Gasteiger partial charge in [-0.15, -0.1) is 0 Å². The molecule has 1 aliphatic heterocycles. The number of para-hydroxylation sites is 1. The number of alkyl carbamates (subject to hydrolysis) is 1. The van der Waals surface area contributed by atoms with Crippen LogP contribution in [-0.4, -0.2) is 89.0 Å². The molecule has 5 N–H and O–H groups in total. The summed E-state index contributed by atoms with van der Waals surface area (Å²) in [5.41, 5.74) is 3.19. The van der Waals surface area contributed by atoms with Gasteiger partial charge in [0.15, 0.2) is 0 Å². The van der Waals surface area contributed by atoms with Gasteiger partial charge in [-0.1, -0.05) is 76.2 Å². The summed E-state index contributed by atoms with van der Waals surface area (Å²) in [7, 11) is 0. The molecule has 282 valence electrons. The molecule has 0 radical (unpaired) electrons. The van der Waals surface area contributed by atoms with Gasteiger partial charge in [0, 0.05) is 54.9 Å². The predicted molar refractivity (Wildman–Crippen MR) is 191 cm³/mol. The molecule has 1 saturated heterocycles. The molecule has 1 aromatic heterocycles. The van der Waals surface area contributed by atoms with Gasteiger partial charge in [0.1, 0.15) is 18.1 Å². The van der Waals surface area contributed by atoms with Crippen molar-refractivity contribution in [1.82, 2.24) is 25.8 Å². The van der Waals surface area contributed by atoms with Crippen molar-refractivity contribution in [3.05, 3.63) is 71.4 Å². The van der Waals surface area contributed by atoms with Crippen LogP contribution in [-0.2, 0) is 36.8 Å². The number of alkyl halides is 2. The Morgan fingerprint density at radius 1 is 0.962 bits per heavy atom. The zero-order valence-electron chi connectivity index (χ0n) is 30.0. The number of ether oxygens (including phenoxy) is 1. The number of nitrogens with one attached hydrogen (secondary N) is 4. The van der Waals surface area contributed by atoms with Crippen LogP contribution < -0.4 is 16.0 Å². The summed E-state index contributed by atoms with van der Waals surface area (Å²) in [4.78, 5) is 69.8. The molecule has 4 rings (SSSR count). The minimum Gasteiger partial charge on any atom is -0.481 e. The summed E-state index contributed by atoms with van der Waals surface area (Å²) < 4.78 is 32.8. The number of carboxylic acid groups (broad SMARTS) is 1. The Balaban J connectivity index is 1.50. The number of nitrogens with zero attached hydrogens (tertiary/aromatic N) is 1. The summed E-state index contributed by atoms with van der Waals surface area (Å²) in [6.07, 6.45) is -4.03. The van der Waals surface area contributed by atoms with Gasteiger partial charge >= 0.3 is 12.1 Å². The van der Waals surface area contributed by atoms with Crippen molar-refractivity contribution in [2.24, 2.45) is 11.8 Å². The number of hydrogen-bond acceptors (Lipinski definition) is 6. The van der Waals surface area contributed by atoms with Crippen molar-refractivity contribution in [2.45, 2.75) is 90.3 Å². The van der Waals surface area contributed by atoms with Gasteiger partial charge < -0.3 is 35.7 Å². The zero-order chi connectivity index (χ0) is 37.9. The molecule has 0 bridgehead atoms. The standard InChI is InChI=1S/C38H49F2N5O7/c1-22(2)21-52-38(51)44-34(23(3)4)37(50)45-20-25(24-10-6-5-7-11-24)18-31(45)36(49)43-30(19-32(39)40)35(48)41-17-16-29-27(14-15-33(46)47)26-12-8-9-13-28(26)42-29/h5-13,22-23,25,30-32,34,42H,14-21H2,1-4H3,(H,41,48)(H,43,49)(H,44,51)(H,46,47)/t25-,30+,31+,34+/m1/s1. The molecule has 52 heavy (non-hydrogen) atoms. The number of amides is 4. The fraction of sp³-hybridized carbons (Fsp3) is 0.500. The van der Waals surface area contributed by atoms with E-state index in [2.05, 4.69) is 20.9 Å². The maximum absolute atomic E-state index is 14.0. The second-order valence-electron chi connectivity index (χ2n) is 14.0. The maximum atomic E-state index is 14.0. The summed E-state index contributed by atoms with van der Waals surface area (Å²) >= 11 is 0. The Morgan fingerprint density at radius 3 is 2.31 bits per heavy atom. The number of fused-ring (bicyclic) bond motifs is 1. The predicted octanol–water partition coefficient (Wildman–Crippen LogP) is 4.78. The highest BCUT2D eigenvalue weighted by atomic mass is 19.3. The molecular weight excluding hydrogens is 676 g/mol. The Labute approximate surface area is 302 Å². The van der Waals surface area contributed by atoms with E-state index in [1.165, 1.54) is 4.90 Å². The van der Waals surface area contributed by atoms with Gasteiger partial charge in [-0.05, 0) is 41.9 Å². The fourth-order valence-corrected chi connectivity index (χ4v) is 6.50. The van der Waals surface area contributed by atoms with Crippen LogP contribution in [0.15, 0.2) is 54.6 Å². The molecule has 4 amide bonds. The van der Waals surface area contributed by atoms with E-state index in [0.29, 0.717) is 5.69 Å². The maximum Gasteiger partial charge on any atom is 0.407 e. The van der Waals surface area contributed by atoms with Gasteiger partial charge in [-0.3, -0.25) is 19.2 Å². The minimum absolute atomic E-state index is 0.0279. The van der Waals surface area contributed by atoms with Crippen LogP contribution in [0.3, 0.4) is 0 Å². The second kappa shape index (κ2) is 18.5. The lowest BCUT2D eigenvalue weighted by molar-refractivity contribution is -0.141. The summed E-state index contributed by atoms with van der Waals surface area (Å²) in [5.74, 6) is -3.63. The number of aryl methyl sites for hydroxylation is 1. The van der Waals surface area contributed by atoms with E-state index >= 15 is 0 Å². The molecule has 12 nitrogen and oxygen atoms in total. The van der Waals surface area contributed by atoms with Crippen LogP contribution in [0.2, 0.25) is 0 Å². The molecule has 0 saturated carbocycles. The molecule has 3 aromatic rings. The highest BCUT2D eigenvalue weighted by molar-refractivity contribution is 5.94. The van der Waals surface area contributed by atoms with Gasteiger partial charge in [-0.2, -0.15) is 0 Å². The Hall–Kier alpha value is -5.01. The van der Waals surface area contributed by atoms with Gasteiger partial charge in [0.05, 0.1) is 6.61 Å². The summed E-state index contributed by atoms with van der Waals surface area (Å²) in [6.45, 7) is 7.56. The van der Waals surface area contributed by atoms with Crippen LogP contribution in [0.5, 0.6) is 0 Å². The number of aromatic amines is 1. The van der Waals surface area contributed by atoms with Gasteiger partial charge in [0.25, 0.3) is 0 Å². The quantitative estimate of drug-likeness (QED) is 0.133. The van der Waals surface area contributed by atoms with Crippen LogP contribution in [0, 0.1) is 11.8 Å². The molecule has 1 fully saturated rings. The molecular formula is C38H49F2N5O7. The molecule has 4 atom stereocenters. The van der Waals surface area contributed by atoms with Crippen LogP contribution in [0.1, 0.15) is 69.7 Å². The molecule has 2 heterocycles. The number of halogens is 2. The van der Waals surface area contributed by atoms with Crippen LogP contribution in [0.25, 0.3) is 10.9 Å². The lowest BCUT2D eigenvalue weighted by atomic mass is 9.96. The first-order valence-electron chi connectivity index (χ1n) is 17.7. The van der Waals surface area contributed by atoms with Crippen LogP contribution in [0.4, 0.5) is 13.6 Å². The van der Waals surface area contributed by atoms with Crippen molar-refractivity contribution in [2.75, 3.05) is 19.7 Å². The summed E-state index contributed by atoms with van der Waals surface area (Å²) in [6, 6.07) is 12.9. The van der Waals surface area contributed by atoms with E-state index < -0.39 is 60.8 Å². The number of aromatic nitrogens is 1. The number of hydrogen-bond donors (Lipinski definition) is 5. The SMILES string of the molecule is CC(C)COC(=O)N[C@H](C(=O)N1C[C@H](c2ccccc2)C[C@H]1C(=O)N[C@@H](CC(F)F)C(=O)NCCc1[nH]c2ccccc2c1CCC(=O)O)C(C)C. The molecule has 0 spiro atoms. The third kappa shape index (κ3) is 10.8. The zero-order valence-corrected chi connectivity index (χ0v) is 30.0. The highest BCUT2D eigenvalue weighted by Crippen LogP contribution is 2.33. The molecule has 14 heteroatoms. The van der Waals surface area contributed by atoms with Crippen molar-refractivity contribution < 1.29 is 42.6 Å². The first-order chi connectivity index (χ1) is 24.7. The number of carbonyl (C=O) groups is 5. The van der Waals surface area contributed by atoms with E-state index in [-0.39, 0.29) is 63.1 Å². The number of rotatable bonds is 17. The average Bonchev–Trinajstić information content (AvgIpc) is 3.70. The molecule has 1 aliphatic rings. The normalized spacial score (nSPS) is 17.0.